The predicted molar refractivity (Wildman–Crippen MR) is 77.8 cm³/mol. The van der Waals surface area contributed by atoms with Gasteiger partial charge in [0.25, 0.3) is 5.91 Å². The number of amides is 2. The van der Waals surface area contributed by atoms with Crippen LogP contribution >= 0.6 is 0 Å². The van der Waals surface area contributed by atoms with Crippen LogP contribution in [0, 0.1) is 0 Å². The second kappa shape index (κ2) is 8.92. The molecule has 0 aliphatic heterocycles. The molecule has 1 aromatic carbocycles. The van der Waals surface area contributed by atoms with Gasteiger partial charge in [-0.15, -0.1) is 0 Å². The Kier molecular flexibility index (Phi) is 7.13. The molecule has 6 heteroatoms. The van der Waals surface area contributed by atoms with Crippen LogP contribution in [0.3, 0.4) is 0 Å². The lowest BCUT2D eigenvalue weighted by Crippen LogP contribution is -2.31. The molecule has 20 heavy (non-hydrogen) atoms. The smallest absolute Gasteiger partial charge is 0.251 e. The molecule has 0 atom stereocenters. The number of ether oxygens (including phenoxy) is 1. The molecule has 3 N–H and O–H groups in total. The number of hydrogen-bond acceptors (Lipinski definition) is 4. The summed E-state index contributed by atoms with van der Waals surface area (Å²) in [7, 11) is 3.22. The number of rotatable bonds is 8. The van der Waals surface area contributed by atoms with Gasteiger partial charge in [-0.1, -0.05) is 0 Å². The van der Waals surface area contributed by atoms with Gasteiger partial charge in [-0.2, -0.15) is 0 Å². The summed E-state index contributed by atoms with van der Waals surface area (Å²) in [6, 6.07) is 6.95. The van der Waals surface area contributed by atoms with Crippen molar-refractivity contribution in [2.24, 2.45) is 0 Å². The molecule has 0 spiro atoms. The maximum absolute atomic E-state index is 11.5. The molecule has 0 radical (unpaired) electrons. The molecule has 110 valence electrons. The van der Waals surface area contributed by atoms with Gasteiger partial charge in [0.05, 0.1) is 6.54 Å². The van der Waals surface area contributed by atoms with Gasteiger partial charge < -0.3 is 20.7 Å². The Morgan fingerprint density at radius 3 is 2.50 bits per heavy atom. The molecule has 0 bridgehead atoms. The third-order valence-electron chi connectivity index (χ3n) is 2.67. The van der Waals surface area contributed by atoms with E-state index < -0.39 is 0 Å². The zero-order valence-electron chi connectivity index (χ0n) is 11.9. The topological polar surface area (TPSA) is 79.5 Å². The molecule has 1 rings (SSSR count). The standard InChI is InChI=1S/C14H21N3O3/c1-15-14(19)11-4-6-12(7-5-11)17-10-13(18)16-8-3-9-20-2/h4-7,17H,3,8-10H2,1-2H3,(H,15,19)(H,16,18). The van der Waals surface area contributed by atoms with Crippen molar-refractivity contribution in [3.63, 3.8) is 0 Å². The molecule has 0 aliphatic rings. The molecule has 0 unspecified atom stereocenters. The van der Waals surface area contributed by atoms with Crippen molar-refractivity contribution >= 4 is 17.5 Å². The third kappa shape index (κ3) is 5.71. The summed E-state index contributed by atoms with van der Waals surface area (Å²) >= 11 is 0. The summed E-state index contributed by atoms with van der Waals surface area (Å²) in [5.41, 5.74) is 1.38. The SMILES string of the molecule is CNC(=O)c1ccc(NCC(=O)NCCCOC)cc1. The lowest BCUT2D eigenvalue weighted by atomic mass is 10.2. The number of anilines is 1. The zero-order chi connectivity index (χ0) is 14.8. The lowest BCUT2D eigenvalue weighted by molar-refractivity contribution is -0.119. The first-order valence-electron chi connectivity index (χ1n) is 6.49. The Morgan fingerprint density at radius 2 is 1.90 bits per heavy atom. The van der Waals surface area contributed by atoms with E-state index in [9.17, 15) is 9.59 Å². The first-order valence-corrected chi connectivity index (χ1v) is 6.49. The highest BCUT2D eigenvalue weighted by atomic mass is 16.5. The van der Waals surface area contributed by atoms with Crippen LogP contribution in [0.2, 0.25) is 0 Å². The summed E-state index contributed by atoms with van der Waals surface area (Å²) in [5.74, 6) is -0.205. The van der Waals surface area contributed by atoms with Gasteiger partial charge >= 0.3 is 0 Å². The zero-order valence-corrected chi connectivity index (χ0v) is 11.9. The van der Waals surface area contributed by atoms with E-state index in [4.69, 9.17) is 4.74 Å². The molecule has 0 heterocycles. The van der Waals surface area contributed by atoms with Crippen LogP contribution in [0.5, 0.6) is 0 Å². The van der Waals surface area contributed by atoms with Gasteiger partial charge in [-0.25, -0.2) is 0 Å². The first kappa shape index (κ1) is 16.0. The second-order valence-corrected chi connectivity index (χ2v) is 4.21. The minimum absolute atomic E-state index is 0.0727. The van der Waals surface area contributed by atoms with E-state index in [1.54, 1.807) is 38.4 Å². The fraction of sp³-hybridized carbons (Fsp3) is 0.429. The van der Waals surface area contributed by atoms with Crippen LogP contribution in [0.15, 0.2) is 24.3 Å². The third-order valence-corrected chi connectivity index (χ3v) is 2.67. The summed E-state index contributed by atoms with van der Waals surface area (Å²) in [6.45, 7) is 1.44. The molecule has 6 nitrogen and oxygen atoms in total. The number of methoxy groups -OCH3 is 1. The normalized spacial score (nSPS) is 9.90. The van der Waals surface area contributed by atoms with E-state index in [0.717, 1.165) is 12.1 Å². The van der Waals surface area contributed by atoms with Gasteiger partial charge in [-0.3, -0.25) is 9.59 Å². The van der Waals surface area contributed by atoms with Crippen LogP contribution in [0.25, 0.3) is 0 Å². The van der Waals surface area contributed by atoms with Gasteiger partial charge in [0, 0.05) is 38.6 Å². The van der Waals surface area contributed by atoms with Crippen molar-refractivity contribution in [1.82, 2.24) is 10.6 Å². The summed E-state index contributed by atoms with van der Waals surface area (Å²) < 4.78 is 4.89. The van der Waals surface area contributed by atoms with E-state index in [0.29, 0.717) is 18.7 Å². The van der Waals surface area contributed by atoms with Crippen molar-refractivity contribution in [1.29, 1.82) is 0 Å². The highest BCUT2D eigenvalue weighted by Gasteiger charge is 2.03. The van der Waals surface area contributed by atoms with Crippen molar-refractivity contribution in [3.05, 3.63) is 29.8 Å². The highest BCUT2D eigenvalue weighted by molar-refractivity contribution is 5.94. The second-order valence-electron chi connectivity index (χ2n) is 4.21. The van der Waals surface area contributed by atoms with Gasteiger partial charge in [0.15, 0.2) is 0 Å². The van der Waals surface area contributed by atoms with Crippen LogP contribution in [-0.4, -0.2) is 45.7 Å². The first-order chi connectivity index (χ1) is 9.67. The molecule has 0 aliphatic carbocycles. The summed E-state index contributed by atoms with van der Waals surface area (Å²) in [4.78, 5) is 22.9. The average Bonchev–Trinajstić information content (AvgIpc) is 2.49. The lowest BCUT2D eigenvalue weighted by Gasteiger charge is -2.08. The van der Waals surface area contributed by atoms with E-state index in [2.05, 4.69) is 16.0 Å². The van der Waals surface area contributed by atoms with Crippen LogP contribution in [0.4, 0.5) is 5.69 Å². The molecular formula is C14H21N3O3. The largest absolute Gasteiger partial charge is 0.385 e. The van der Waals surface area contributed by atoms with Crippen molar-refractivity contribution in [3.8, 4) is 0 Å². The summed E-state index contributed by atoms with van der Waals surface area (Å²) in [6.07, 6.45) is 0.795. The van der Waals surface area contributed by atoms with Crippen molar-refractivity contribution in [2.75, 3.05) is 39.2 Å². The van der Waals surface area contributed by atoms with E-state index in [1.807, 2.05) is 0 Å². The predicted octanol–water partition coefficient (Wildman–Crippen LogP) is 0.611. The number of nitrogens with one attached hydrogen (secondary N) is 3. The quantitative estimate of drug-likeness (QED) is 0.609. The number of carbonyl (C=O) groups excluding carboxylic acids is 2. The minimum atomic E-state index is -0.132. The molecule has 0 saturated heterocycles. The van der Waals surface area contributed by atoms with Crippen LogP contribution in [0.1, 0.15) is 16.8 Å². The fourth-order valence-corrected chi connectivity index (χ4v) is 1.57. The molecule has 0 aromatic heterocycles. The maximum atomic E-state index is 11.5. The number of carbonyl (C=O) groups is 2. The van der Waals surface area contributed by atoms with Gasteiger partial charge in [0.2, 0.25) is 5.91 Å². The number of hydrogen-bond donors (Lipinski definition) is 3. The monoisotopic (exact) mass is 279 g/mol. The Hall–Kier alpha value is -2.08. The molecular weight excluding hydrogens is 258 g/mol. The molecule has 1 aromatic rings. The van der Waals surface area contributed by atoms with Crippen LogP contribution in [-0.2, 0) is 9.53 Å². The summed E-state index contributed by atoms with van der Waals surface area (Å²) in [5, 5.41) is 8.33. The highest BCUT2D eigenvalue weighted by Crippen LogP contribution is 2.08. The van der Waals surface area contributed by atoms with Gasteiger partial charge in [-0.05, 0) is 30.7 Å². The minimum Gasteiger partial charge on any atom is -0.385 e. The Balaban J connectivity index is 2.31. The molecule has 0 fully saturated rings. The molecule has 2 amide bonds. The van der Waals surface area contributed by atoms with Crippen molar-refractivity contribution in [2.45, 2.75) is 6.42 Å². The fourth-order valence-electron chi connectivity index (χ4n) is 1.57. The Labute approximate surface area is 118 Å². The van der Waals surface area contributed by atoms with Crippen molar-refractivity contribution < 1.29 is 14.3 Å². The number of benzene rings is 1. The van der Waals surface area contributed by atoms with Crippen LogP contribution < -0.4 is 16.0 Å². The molecule has 0 saturated carbocycles. The van der Waals surface area contributed by atoms with Gasteiger partial charge in [0.1, 0.15) is 0 Å². The average molecular weight is 279 g/mol. The van der Waals surface area contributed by atoms with E-state index in [-0.39, 0.29) is 18.4 Å². The van der Waals surface area contributed by atoms with E-state index in [1.165, 1.54) is 0 Å². The van der Waals surface area contributed by atoms with E-state index >= 15 is 0 Å². The maximum Gasteiger partial charge on any atom is 0.251 e. The Bertz CT molecular complexity index is 432. The Morgan fingerprint density at radius 1 is 1.20 bits per heavy atom.